The molecule has 0 radical (unpaired) electrons. The molecule has 0 atom stereocenters. The quantitative estimate of drug-likeness (QED) is 0.670. The van der Waals surface area contributed by atoms with Crippen molar-refractivity contribution >= 4 is 44.7 Å². The molecule has 3 aromatic rings. The number of nitrogens with one attached hydrogen (secondary N) is 2. The fourth-order valence-corrected chi connectivity index (χ4v) is 3.28. The van der Waals surface area contributed by atoms with Crippen LogP contribution in [0.25, 0.3) is 10.2 Å². The third kappa shape index (κ3) is 2.67. The van der Waals surface area contributed by atoms with Gasteiger partial charge in [0.05, 0.1) is 11.1 Å². The summed E-state index contributed by atoms with van der Waals surface area (Å²) in [4.78, 5) is 16.4. The Balaban J connectivity index is 2.01. The van der Waals surface area contributed by atoms with Gasteiger partial charge in [0.25, 0.3) is 11.7 Å². The first-order chi connectivity index (χ1) is 11.0. The van der Waals surface area contributed by atoms with Crippen molar-refractivity contribution in [3.8, 4) is 6.07 Å². The number of H-pyrrole nitrogens is 1. The van der Waals surface area contributed by atoms with E-state index in [1.807, 2.05) is 37.3 Å². The second-order valence-electron chi connectivity index (χ2n) is 5.12. The van der Waals surface area contributed by atoms with Crippen LogP contribution in [0.4, 0.5) is 17.2 Å². The van der Waals surface area contributed by atoms with E-state index in [1.54, 1.807) is 6.07 Å². The van der Waals surface area contributed by atoms with E-state index in [9.17, 15) is 4.79 Å². The number of aromatic amines is 1. The van der Waals surface area contributed by atoms with Crippen LogP contribution < -0.4 is 21.8 Å². The number of hydrogen-bond donors (Lipinski definition) is 3. The van der Waals surface area contributed by atoms with Crippen LogP contribution in [-0.4, -0.2) is 5.91 Å². The Morgan fingerprint density at radius 3 is 2.83 bits per heavy atom. The monoisotopic (exact) mass is 324 g/mol. The van der Waals surface area contributed by atoms with E-state index in [-0.39, 0.29) is 11.7 Å². The number of anilines is 3. The Kier molecular flexibility index (Phi) is 3.60. The molecule has 0 saturated heterocycles. The van der Waals surface area contributed by atoms with Crippen molar-refractivity contribution < 1.29 is 9.78 Å². The summed E-state index contributed by atoms with van der Waals surface area (Å²) in [5, 5.41) is 12.5. The predicted octanol–water partition coefficient (Wildman–Crippen LogP) is 2.31. The summed E-state index contributed by atoms with van der Waals surface area (Å²) >= 11 is 1.21. The zero-order chi connectivity index (χ0) is 16.6. The highest BCUT2D eigenvalue weighted by Crippen LogP contribution is 2.32. The summed E-state index contributed by atoms with van der Waals surface area (Å²) in [6.45, 7) is 1.95. The van der Waals surface area contributed by atoms with Gasteiger partial charge in [-0.3, -0.25) is 10.5 Å². The normalized spacial score (nSPS) is 10.4. The third-order valence-electron chi connectivity index (χ3n) is 3.41. The number of pyridine rings is 1. The van der Waals surface area contributed by atoms with Crippen molar-refractivity contribution in [2.75, 3.05) is 16.8 Å². The number of thiophene rings is 1. The largest absolute Gasteiger partial charge is 0.397 e. The van der Waals surface area contributed by atoms with Crippen LogP contribution in [0, 0.1) is 18.3 Å². The Bertz CT molecular complexity index is 970. The highest BCUT2D eigenvalue weighted by molar-refractivity contribution is 7.20. The number of carbonyl (C=O) groups excluding carboxylic acids is 1. The third-order valence-corrected chi connectivity index (χ3v) is 4.55. The van der Waals surface area contributed by atoms with Gasteiger partial charge in [0.15, 0.2) is 4.83 Å². The van der Waals surface area contributed by atoms with Crippen LogP contribution in [0.15, 0.2) is 30.3 Å². The minimum Gasteiger partial charge on any atom is -0.397 e. The van der Waals surface area contributed by atoms with Gasteiger partial charge in [0, 0.05) is 5.69 Å². The van der Waals surface area contributed by atoms with E-state index in [1.165, 1.54) is 11.3 Å². The first kappa shape index (κ1) is 14.8. The minimum atomic E-state index is -0.292. The maximum Gasteiger partial charge on any atom is 0.289 e. The number of benzene rings is 1. The lowest BCUT2D eigenvalue weighted by Gasteiger charge is -2.05. The van der Waals surface area contributed by atoms with Gasteiger partial charge in [-0.25, -0.2) is 4.98 Å². The molecular weight excluding hydrogens is 310 g/mol. The summed E-state index contributed by atoms with van der Waals surface area (Å²) in [6, 6.07) is 11.1. The van der Waals surface area contributed by atoms with Crippen molar-refractivity contribution in [3.63, 3.8) is 0 Å². The summed E-state index contributed by atoms with van der Waals surface area (Å²) in [6.07, 6.45) is 0. The van der Waals surface area contributed by atoms with E-state index in [0.29, 0.717) is 32.0 Å². The number of nitrogens with zero attached hydrogens (tertiary/aromatic N) is 1. The van der Waals surface area contributed by atoms with Crippen molar-refractivity contribution in [2.45, 2.75) is 6.92 Å². The van der Waals surface area contributed by atoms with E-state index in [0.717, 1.165) is 5.56 Å². The average Bonchev–Trinajstić information content (AvgIpc) is 2.82. The van der Waals surface area contributed by atoms with Crippen LogP contribution in [0.5, 0.6) is 0 Å². The van der Waals surface area contributed by atoms with Gasteiger partial charge in [0.2, 0.25) is 0 Å². The van der Waals surface area contributed by atoms with Crippen molar-refractivity contribution in [1.29, 1.82) is 5.26 Å². The minimum absolute atomic E-state index is 0.256. The predicted molar refractivity (Wildman–Crippen MR) is 91.1 cm³/mol. The molecule has 23 heavy (non-hydrogen) atoms. The van der Waals surface area contributed by atoms with Crippen LogP contribution in [0.1, 0.15) is 20.8 Å². The van der Waals surface area contributed by atoms with E-state index in [2.05, 4.69) is 10.3 Å². The number of nitriles is 1. The van der Waals surface area contributed by atoms with Crippen molar-refractivity contribution in [1.82, 2.24) is 0 Å². The number of aryl methyl sites for hydroxylation is 1. The Morgan fingerprint density at radius 1 is 1.35 bits per heavy atom. The number of carbonyl (C=O) groups is 1. The number of hydrogen-bond acceptors (Lipinski definition) is 5. The molecule has 6 N–H and O–H groups in total. The van der Waals surface area contributed by atoms with Gasteiger partial charge >= 0.3 is 0 Å². The molecule has 3 rings (SSSR count). The molecule has 0 saturated carbocycles. The van der Waals surface area contributed by atoms with Crippen LogP contribution >= 0.6 is 11.3 Å². The number of rotatable bonds is 2. The SMILES string of the molecule is Cc1cccc(NC(=O)c2sc3[nH+]c(N)c(C#N)cc3c2N)c1. The molecule has 0 unspecified atom stereocenters. The lowest BCUT2D eigenvalue weighted by Crippen LogP contribution is -2.12. The van der Waals surface area contributed by atoms with Crippen LogP contribution in [0.3, 0.4) is 0 Å². The van der Waals surface area contributed by atoms with Gasteiger partial charge in [-0.2, -0.15) is 5.26 Å². The van der Waals surface area contributed by atoms with Gasteiger partial charge in [-0.1, -0.05) is 23.5 Å². The molecule has 6 nitrogen and oxygen atoms in total. The molecule has 2 aromatic heterocycles. The Hall–Kier alpha value is -3.11. The molecule has 0 aliphatic heterocycles. The number of nitrogen functional groups attached to an aromatic ring is 2. The van der Waals surface area contributed by atoms with Crippen LogP contribution in [-0.2, 0) is 0 Å². The van der Waals surface area contributed by atoms with Crippen molar-refractivity contribution in [3.05, 3.63) is 46.3 Å². The number of fused-ring (bicyclic) bond motifs is 1. The number of aromatic nitrogens is 1. The topological polar surface area (TPSA) is 119 Å². The molecule has 0 bridgehead atoms. The Morgan fingerprint density at radius 2 is 2.13 bits per heavy atom. The van der Waals surface area contributed by atoms with Gasteiger partial charge < -0.3 is 11.1 Å². The van der Waals surface area contributed by atoms with Gasteiger partial charge in [-0.05, 0) is 30.7 Å². The lowest BCUT2D eigenvalue weighted by molar-refractivity contribution is -0.323. The molecule has 2 heterocycles. The number of nitrogens with two attached hydrogens (primary N) is 2. The summed E-state index contributed by atoms with van der Waals surface area (Å²) < 4.78 is 0. The molecule has 0 aliphatic carbocycles. The molecule has 7 heteroatoms. The first-order valence-corrected chi connectivity index (χ1v) is 7.63. The maximum absolute atomic E-state index is 12.5. The highest BCUT2D eigenvalue weighted by atomic mass is 32.1. The zero-order valence-corrected chi connectivity index (χ0v) is 13.1. The standard InChI is InChI=1S/C16H13N5OS/c1-8-3-2-4-10(5-8)20-15(22)13-12(18)11-6-9(7-17)14(19)21-16(11)23-13/h2-6H,18H2,1H3,(H2,19,21)(H,20,22)/p+1. The van der Waals surface area contributed by atoms with Crippen LogP contribution in [0.2, 0.25) is 0 Å². The second kappa shape index (κ2) is 5.59. The maximum atomic E-state index is 12.5. The summed E-state index contributed by atoms with van der Waals surface area (Å²) in [5.74, 6) is -0.0355. The molecule has 1 amide bonds. The summed E-state index contributed by atoms with van der Waals surface area (Å²) in [7, 11) is 0. The lowest BCUT2D eigenvalue weighted by atomic mass is 10.2. The highest BCUT2D eigenvalue weighted by Gasteiger charge is 2.21. The smallest absolute Gasteiger partial charge is 0.289 e. The number of amides is 1. The molecule has 0 aliphatic rings. The zero-order valence-electron chi connectivity index (χ0n) is 12.3. The molecular formula is C16H14N5OS+. The molecule has 1 aromatic carbocycles. The van der Waals surface area contributed by atoms with E-state index >= 15 is 0 Å². The fraction of sp³-hybridized carbons (Fsp3) is 0.0625. The van der Waals surface area contributed by atoms with Gasteiger partial charge in [0.1, 0.15) is 16.5 Å². The fourth-order valence-electron chi connectivity index (χ4n) is 2.28. The van der Waals surface area contributed by atoms with E-state index < -0.39 is 0 Å². The first-order valence-electron chi connectivity index (χ1n) is 6.81. The average molecular weight is 324 g/mol. The molecule has 0 fully saturated rings. The van der Waals surface area contributed by atoms with Gasteiger partial charge in [-0.15, -0.1) is 0 Å². The van der Waals surface area contributed by atoms with E-state index in [4.69, 9.17) is 16.7 Å². The second-order valence-corrected chi connectivity index (χ2v) is 6.14. The molecule has 114 valence electrons. The van der Waals surface area contributed by atoms with Crippen molar-refractivity contribution in [2.24, 2.45) is 0 Å². The molecule has 0 spiro atoms. The summed E-state index contributed by atoms with van der Waals surface area (Å²) in [5.41, 5.74) is 14.2. The Labute approximate surface area is 136 Å².